The fourth-order valence-corrected chi connectivity index (χ4v) is 4.24. The number of hydrogen-bond donors (Lipinski definition) is 0. The zero-order valence-electron chi connectivity index (χ0n) is 19.0. The highest BCUT2D eigenvalue weighted by atomic mass is 19.1. The molecule has 0 amide bonds. The lowest BCUT2D eigenvalue weighted by atomic mass is 9.80. The van der Waals surface area contributed by atoms with E-state index in [0.29, 0.717) is 17.9 Å². The highest BCUT2D eigenvalue weighted by molar-refractivity contribution is 5.75. The van der Waals surface area contributed by atoms with Crippen LogP contribution in [0.3, 0.4) is 0 Å². The molecule has 0 bridgehead atoms. The summed E-state index contributed by atoms with van der Waals surface area (Å²) in [5.74, 6) is 1.82. The van der Waals surface area contributed by atoms with E-state index < -0.39 is 6.17 Å². The molecule has 1 fully saturated rings. The first-order chi connectivity index (χ1) is 14.6. The molecule has 1 aromatic rings. The first kappa shape index (κ1) is 24.7. The molecule has 1 unspecified atom stereocenters. The molecule has 0 spiro atoms. The average Bonchev–Trinajstić information content (AvgIpc) is 2.77. The fourth-order valence-electron chi connectivity index (χ4n) is 4.24. The van der Waals surface area contributed by atoms with Gasteiger partial charge in [0.1, 0.15) is 24.3 Å². The van der Waals surface area contributed by atoms with Gasteiger partial charge < -0.3 is 9.47 Å². The smallest absolute Gasteiger partial charge is 0.314 e. The van der Waals surface area contributed by atoms with E-state index in [2.05, 4.69) is 13.8 Å². The lowest BCUT2D eigenvalue weighted by Crippen LogP contribution is -2.25. The van der Waals surface area contributed by atoms with Gasteiger partial charge in [0, 0.05) is 0 Å². The van der Waals surface area contributed by atoms with Crippen molar-refractivity contribution >= 4 is 5.97 Å². The maximum atomic E-state index is 13.9. The first-order valence-corrected chi connectivity index (χ1v) is 12.2. The molecule has 0 aliphatic heterocycles. The normalized spacial score (nSPS) is 20.0. The van der Waals surface area contributed by atoms with Gasteiger partial charge in [-0.25, -0.2) is 4.39 Å². The van der Waals surface area contributed by atoms with Crippen molar-refractivity contribution in [2.75, 3.05) is 6.61 Å². The quantitative estimate of drug-likeness (QED) is 0.176. The molecule has 170 valence electrons. The van der Waals surface area contributed by atoms with Crippen LogP contribution >= 0.6 is 0 Å². The molecule has 0 heterocycles. The van der Waals surface area contributed by atoms with Crippen LogP contribution in [0, 0.1) is 11.8 Å². The molecule has 1 aliphatic rings. The van der Waals surface area contributed by atoms with Crippen molar-refractivity contribution in [3.63, 3.8) is 0 Å². The Morgan fingerprint density at radius 1 is 0.933 bits per heavy atom. The Morgan fingerprint density at radius 3 is 2.23 bits per heavy atom. The molecule has 1 aliphatic carbocycles. The monoisotopic (exact) mass is 420 g/mol. The van der Waals surface area contributed by atoms with Crippen molar-refractivity contribution in [3.8, 4) is 11.5 Å². The van der Waals surface area contributed by atoms with Gasteiger partial charge in [0.15, 0.2) is 0 Å². The molecule has 1 saturated carbocycles. The second kappa shape index (κ2) is 14.4. The molecule has 1 atom stereocenters. The molecule has 0 saturated heterocycles. The number of hydrogen-bond acceptors (Lipinski definition) is 3. The third kappa shape index (κ3) is 9.49. The summed E-state index contributed by atoms with van der Waals surface area (Å²) >= 11 is 0. The Kier molecular flexibility index (Phi) is 11.9. The SMILES string of the molecule is CCCCCCC(F)COc1ccc(OC(=O)[C@H]2CC[C@H](CCCCC)CC2)cc1. The van der Waals surface area contributed by atoms with E-state index in [4.69, 9.17) is 9.47 Å². The van der Waals surface area contributed by atoms with E-state index in [9.17, 15) is 9.18 Å². The Hall–Kier alpha value is -1.58. The molecule has 1 aromatic carbocycles. The molecule has 2 rings (SSSR count). The first-order valence-electron chi connectivity index (χ1n) is 12.2. The minimum absolute atomic E-state index is 0.0170. The van der Waals surface area contributed by atoms with Crippen LogP contribution in [0.4, 0.5) is 4.39 Å². The van der Waals surface area contributed by atoms with Crippen molar-refractivity contribution in [1.82, 2.24) is 0 Å². The van der Waals surface area contributed by atoms with E-state index in [1.807, 2.05) is 0 Å². The highest BCUT2D eigenvalue weighted by Gasteiger charge is 2.27. The minimum Gasteiger partial charge on any atom is -0.491 e. The maximum absolute atomic E-state index is 13.9. The van der Waals surface area contributed by atoms with E-state index in [1.165, 1.54) is 25.7 Å². The second-order valence-corrected chi connectivity index (χ2v) is 8.86. The van der Waals surface area contributed by atoms with Crippen LogP contribution in [0.2, 0.25) is 0 Å². The summed E-state index contributed by atoms with van der Waals surface area (Å²) in [6.45, 7) is 4.46. The van der Waals surface area contributed by atoms with Crippen LogP contribution in [0.25, 0.3) is 0 Å². The van der Waals surface area contributed by atoms with Gasteiger partial charge in [0.05, 0.1) is 5.92 Å². The number of benzene rings is 1. The van der Waals surface area contributed by atoms with E-state index in [0.717, 1.165) is 57.3 Å². The molecule has 0 radical (unpaired) electrons. The van der Waals surface area contributed by atoms with Gasteiger partial charge in [-0.1, -0.05) is 65.2 Å². The van der Waals surface area contributed by atoms with E-state index in [1.54, 1.807) is 24.3 Å². The Balaban J connectivity index is 1.66. The lowest BCUT2D eigenvalue weighted by molar-refractivity contribution is -0.140. The largest absolute Gasteiger partial charge is 0.491 e. The maximum Gasteiger partial charge on any atom is 0.314 e. The molecule has 0 aromatic heterocycles. The van der Waals surface area contributed by atoms with Crippen LogP contribution in [0.1, 0.15) is 97.3 Å². The highest BCUT2D eigenvalue weighted by Crippen LogP contribution is 2.33. The molecular weight excluding hydrogens is 379 g/mol. The zero-order chi connectivity index (χ0) is 21.6. The van der Waals surface area contributed by atoms with Crippen LogP contribution in [0.5, 0.6) is 11.5 Å². The number of ether oxygens (including phenoxy) is 2. The summed E-state index contributed by atoms with van der Waals surface area (Å²) in [4.78, 5) is 12.5. The molecule has 3 nitrogen and oxygen atoms in total. The number of unbranched alkanes of at least 4 members (excludes halogenated alkanes) is 5. The number of rotatable bonds is 14. The van der Waals surface area contributed by atoms with Crippen molar-refractivity contribution < 1.29 is 18.7 Å². The van der Waals surface area contributed by atoms with Crippen LogP contribution in [-0.2, 0) is 4.79 Å². The summed E-state index contributed by atoms with van der Waals surface area (Å²) in [6, 6.07) is 6.96. The average molecular weight is 421 g/mol. The van der Waals surface area contributed by atoms with Crippen LogP contribution in [-0.4, -0.2) is 18.7 Å². The molecule has 30 heavy (non-hydrogen) atoms. The van der Waals surface area contributed by atoms with Gasteiger partial charge in [-0.2, -0.15) is 0 Å². The second-order valence-electron chi connectivity index (χ2n) is 8.86. The summed E-state index contributed by atoms with van der Waals surface area (Å²) in [5, 5.41) is 0. The number of esters is 1. The summed E-state index contributed by atoms with van der Waals surface area (Å²) in [6.07, 6.45) is 13.3. The predicted octanol–water partition coefficient (Wildman–Crippen LogP) is 7.67. The molecular formula is C26H41FO3. The Bertz CT molecular complexity index is 578. The predicted molar refractivity (Wildman–Crippen MR) is 121 cm³/mol. The number of carbonyl (C=O) groups excluding carboxylic acids is 1. The van der Waals surface area contributed by atoms with E-state index >= 15 is 0 Å². The number of carbonyl (C=O) groups is 1. The van der Waals surface area contributed by atoms with Gasteiger partial charge in [-0.05, 0) is 62.3 Å². The summed E-state index contributed by atoms with van der Waals surface area (Å²) in [5.41, 5.74) is 0. The fraction of sp³-hybridized carbons (Fsp3) is 0.731. The van der Waals surface area contributed by atoms with Crippen molar-refractivity contribution in [3.05, 3.63) is 24.3 Å². The van der Waals surface area contributed by atoms with Crippen LogP contribution < -0.4 is 9.47 Å². The van der Waals surface area contributed by atoms with Crippen molar-refractivity contribution in [2.45, 2.75) is 103 Å². The van der Waals surface area contributed by atoms with Gasteiger partial charge in [-0.15, -0.1) is 0 Å². The summed E-state index contributed by atoms with van der Waals surface area (Å²) < 4.78 is 25.0. The van der Waals surface area contributed by atoms with Crippen molar-refractivity contribution in [1.29, 1.82) is 0 Å². The third-order valence-corrected chi connectivity index (χ3v) is 6.24. The van der Waals surface area contributed by atoms with Crippen LogP contribution in [0.15, 0.2) is 24.3 Å². The van der Waals surface area contributed by atoms with Gasteiger partial charge in [0.2, 0.25) is 0 Å². The van der Waals surface area contributed by atoms with Gasteiger partial charge in [0.25, 0.3) is 0 Å². The van der Waals surface area contributed by atoms with Gasteiger partial charge >= 0.3 is 5.97 Å². The topological polar surface area (TPSA) is 35.5 Å². The third-order valence-electron chi connectivity index (χ3n) is 6.24. The number of halogens is 1. The Morgan fingerprint density at radius 2 is 1.57 bits per heavy atom. The molecule has 0 N–H and O–H groups in total. The summed E-state index contributed by atoms with van der Waals surface area (Å²) in [7, 11) is 0. The van der Waals surface area contributed by atoms with Crippen molar-refractivity contribution in [2.24, 2.45) is 11.8 Å². The van der Waals surface area contributed by atoms with E-state index in [-0.39, 0.29) is 18.5 Å². The minimum atomic E-state index is -0.934. The lowest BCUT2D eigenvalue weighted by Gasteiger charge is -2.27. The number of alkyl halides is 1. The van der Waals surface area contributed by atoms with Gasteiger partial charge in [-0.3, -0.25) is 4.79 Å². The molecule has 4 heteroatoms. The standard InChI is InChI=1S/C26H41FO3/c1-3-5-7-9-11-23(27)20-29-24-16-18-25(19-17-24)30-26(28)22-14-12-21(13-15-22)10-8-6-4-2/h16-19,21-23H,3-15,20H2,1-2H3/t21-,22-,23?. The zero-order valence-corrected chi connectivity index (χ0v) is 19.0. The Labute approximate surface area is 182 Å².